The molecule has 0 aliphatic rings. The van der Waals surface area contributed by atoms with E-state index in [2.05, 4.69) is 30.1 Å². The van der Waals surface area contributed by atoms with Crippen molar-refractivity contribution in [3.8, 4) is 0 Å². The van der Waals surface area contributed by atoms with Crippen molar-refractivity contribution in [1.29, 1.82) is 0 Å². The molecule has 84 valence electrons. The van der Waals surface area contributed by atoms with Gasteiger partial charge in [-0.25, -0.2) is 0 Å². The first-order chi connectivity index (χ1) is 7.22. The summed E-state index contributed by atoms with van der Waals surface area (Å²) in [5, 5.41) is 7.66. The van der Waals surface area contributed by atoms with E-state index in [1.807, 2.05) is 17.8 Å². The van der Waals surface area contributed by atoms with Gasteiger partial charge in [-0.1, -0.05) is 12.5 Å². The van der Waals surface area contributed by atoms with Crippen molar-refractivity contribution in [1.82, 2.24) is 15.1 Å². The van der Waals surface area contributed by atoms with E-state index in [0.717, 1.165) is 26.1 Å². The standard InChI is InChI=1S/C12H21N3/c1-4-6-13-8-12-9-14-15(10-12)7-5-11(2)3/h9-10,13H,2,4-8H2,1,3H3. The Morgan fingerprint density at radius 2 is 2.40 bits per heavy atom. The Bertz CT molecular complexity index is 302. The Morgan fingerprint density at radius 3 is 3.07 bits per heavy atom. The van der Waals surface area contributed by atoms with Gasteiger partial charge in [-0.2, -0.15) is 5.10 Å². The van der Waals surface area contributed by atoms with Gasteiger partial charge in [-0.15, -0.1) is 6.58 Å². The Morgan fingerprint density at radius 1 is 1.60 bits per heavy atom. The number of allylic oxidation sites excluding steroid dienone is 1. The zero-order valence-corrected chi connectivity index (χ0v) is 9.79. The maximum absolute atomic E-state index is 4.30. The second-order valence-corrected chi connectivity index (χ2v) is 4.00. The van der Waals surface area contributed by atoms with E-state index in [4.69, 9.17) is 0 Å². The number of hydrogen-bond donors (Lipinski definition) is 1. The molecular weight excluding hydrogens is 186 g/mol. The fourth-order valence-electron chi connectivity index (χ4n) is 1.33. The highest BCUT2D eigenvalue weighted by Crippen LogP contribution is 2.02. The molecule has 0 saturated heterocycles. The first-order valence-corrected chi connectivity index (χ1v) is 5.58. The van der Waals surface area contributed by atoms with Crippen molar-refractivity contribution in [2.45, 2.75) is 39.8 Å². The number of nitrogens with one attached hydrogen (secondary N) is 1. The number of rotatable bonds is 7. The van der Waals surface area contributed by atoms with Gasteiger partial charge in [0.05, 0.1) is 6.20 Å². The van der Waals surface area contributed by atoms with Gasteiger partial charge < -0.3 is 5.32 Å². The molecule has 0 aliphatic carbocycles. The summed E-state index contributed by atoms with van der Waals surface area (Å²) < 4.78 is 1.98. The largest absolute Gasteiger partial charge is 0.313 e. The topological polar surface area (TPSA) is 29.9 Å². The lowest BCUT2D eigenvalue weighted by molar-refractivity contribution is 0.611. The van der Waals surface area contributed by atoms with Crippen molar-refractivity contribution in [2.75, 3.05) is 6.54 Å². The molecule has 0 atom stereocenters. The number of aromatic nitrogens is 2. The minimum absolute atomic E-state index is 0.918. The summed E-state index contributed by atoms with van der Waals surface area (Å²) in [5.74, 6) is 0. The Hall–Kier alpha value is -1.09. The summed E-state index contributed by atoms with van der Waals surface area (Å²) in [6.07, 6.45) is 6.21. The summed E-state index contributed by atoms with van der Waals surface area (Å²) in [5.41, 5.74) is 2.46. The minimum atomic E-state index is 0.918. The molecule has 0 saturated carbocycles. The molecule has 0 aliphatic heterocycles. The van der Waals surface area contributed by atoms with Crippen LogP contribution < -0.4 is 5.32 Å². The first-order valence-electron chi connectivity index (χ1n) is 5.58. The Labute approximate surface area is 92.2 Å². The molecule has 15 heavy (non-hydrogen) atoms. The van der Waals surface area contributed by atoms with Gasteiger partial charge in [-0.3, -0.25) is 4.68 Å². The van der Waals surface area contributed by atoms with E-state index in [-0.39, 0.29) is 0 Å². The first kappa shape index (κ1) is 12.0. The third-order valence-corrected chi connectivity index (χ3v) is 2.21. The summed E-state index contributed by atoms with van der Waals surface area (Å²) in [4.78, 5) is 0. The van der Waals surface area contributed by atoms with Gasteiger partial charge in [-0.05, 0) is 26.3 Å². The summed E-state index contributed by atoms with van der Waals surface area (Å²) in [6, 6.07) is 0. The van der Waals surface area contributed by atoms with Crippen LogP contribution in [0.3, 0.4) is 0 Å². The molecule has 0 radical (unpaired) electrons. The van der Waals surface area contributed by atoms with Crippen LogP contribution in [-0.4, -0.2) is 16.3 Å². The maximum Gasteiger partial charge on any atom is 0.0534 e. The molecule has 1 N–H and O–H groups in total. The quantitative estimate of drug-likeness (QED) is 0.549. The van der Waals surface area contributed by atoms with Crippen LogP contribution in [0.15, 0.2) is 24.5 Å². The van der Waals surface area contributed by atoms with Crippen LogP contribution in [0.4, 0.5) is 0 Å². The molecule has 0 fully saturated rings. The maximum atomic E-state index is 4.30. The molecule has 0 bridgehead atoms. The molecule has 0 spiro atoms. The van der Waals surface area contributed by atoms with Crippen molar-refractivity contribution >= 4 is 0 Å². The smallest absolute Gasteiger partial charge is 0.0534 e. The molecule has 0 aromatic carbocycles. The molecular formula is C12H21N3. The lowest BCUT2D eigenvalue weighted by atomic mass is 10.2. The normalized spacial score (nSPS) is 10.5. The number of nitrogens with zero attached hydrogens (tertiary/aromatic N) is 2. The molecule has 0 unspecified atom stereocenters. The van der Waals surface area contributed by atoms with E-state index in [0.29, 0.717) is 0 Å². The van der Waals surface area contributed by atoms with Gasteiger partial charge in [0.25, 0.3) is 0 Å². The summed E-state index contributed by atoms with van der Waals surface area (Å²) >= 11 is 0. The predicted octanol–water partition coefficient (Wildman–Crippen LogP) is 2.35. The third kappa shape index (κ3) is 4.79. The van der Waals surface area contributed by atoms with Gasteiger partial charge >= 0.3 is 0 Å². The number of hydrogen-bond acceptors (Lipinski definition) is 2. The van der Waals surface area contributed by atoms with E-state index in [1.54, 1.807) is 0 Å². The van der Waals surface area contributed by atoms with Crippen LogP contribution in [0.2, 0.25) is 0 Å². The minimum Gasteiger partial charge on any atom is -0.313 e. The average Bonchev–Trinajstić information content (AvgIpc) is 2.63. The second kappa shape index (κ2) is 6.40. The van der Waals surface area contributed by atoms with Gasteiger partial charge in [0.1, 0.15) is 0 Å². The van der Waals surface area contributed by atoms with Crippen molar-refractivity contribution in [3.05, 3.63) is 30.1 Å². The van der Waals surface area contributed by atoms with Crippen LogP contribution in [-0.2, 0) is 13.1 Å². The molecule has 1 heterocycles. The Kier molecular flexibility index (Phi) is 5.12. The van der Waals surface area contributed by atoms with Crippen LogP contribution in [0.5, 0.6) is 0 Å². The van der Waals surface area contributed by atoms with E-state index >= 15 is 0 Å². The van der Waals surface area contributed by atoms with E-state index < -0.39 is 0 Å². The van der Waals surface area contributed by atoms with Gasteiger partial charge in [0.2, 0.25) is 0 Å². The van der Waals surface area contributed by atoms with Gasteiger partial charge in [0.15, 0.2) is 0 Å². The zero-order valence-electron chi connectivity index (χ0n) is 9.79. The van der Waals surface area contributed by atoms with Crippen LogP contribution in [0, 0.1) is 0 Å². The highest BCUT2D eigenvalue weighted by atomic mass is 15.3. The van der Waals surface area contributed by atoms with Crippen LogP contribution in [0.25, 0.3) is 0 Å². The average molecular weight is 207 g/mol. The number of aryl methyl sites for hydroxylation is 1. The molecule has 1 aromatic rings. The van der Waals surface area contributed by atoms with Crippen LogP contribution in [0.1, 0.15) is 32.3 Å². The van der Waals surface area contributed by atoms with Crippen molar-refractivity contribution < 1.29 is 0 Å². The van der Waals surface area contributed by atoms with Crippen molar-refractivity contribution in [3.63, 3.8) is 0 Å². The Balaban J connectivity index is 2.32. The molecule has 1 aromatic heterocycles. The van der Waals surface area contributed by atoms with Crippen molar-refractivity contribution in [2.24, 2.45) is 0 Å². The fourth-order valence-corrected chi connectivity index (χ4v) is 1.33. The summed E-state index contributed by atoms with van der Waals surface area (Å²) in [7, 11) is 0. The highest BCUT2D eigenvalue weighted by molar-refractivity contribution is 5.03. The molecule has 3 nitrogen and oxygen atoms in total. The summed E-state index contributed by atoms with van der Waals surface area (Å²) in [6.45, 7) is 11.0. The zero-order chi connectivity index (χ0) is 11.1. The SMILES string of the molecule is C=C(C)CCn1cc(CNCCC)cn1. The van der Waals surface area contributed by atoms with Crippen LogP contribution >= 0.6 is 0 Å². The van der Waals surface area contributed by atoms with E-state index in [9.17, 15) is 0 Å². The lowest BCUT2D eigenvalue weighted by Gasteiger charge is -2.00. The predicted molar refractivity (Wildman–Crippen MR) is 63.7 cm³/mol. The monoisotopic (exact) mass is 207 g/mol. The third-order valence-electron chi connectivity index (χ3n) is 2.21. The highest BCUT2D eigenvalue weighted by Gasteiger charge is 1.97. The fraction of sp³-hybridized carbons (Fsp3) is 0.583. The molecule has 1 rings (SSSR count). The molecule has 0 amide bonds. The van der Waals surface area contributed by atoms with Gasteiger partial charge in [0, 0.05) is 24.8 Å². The lowest BCUT2D eigenvalue weighted by Crippen LogP contribution is -2.13. The van der Waals surface area contributed by atoms with E-state index in [1.165, 1.54) is 17.6 Å². The second-order valence-electron chi connectivity index (χ2n) is 4.00. The molecule has 3 heteroatoms.